The van der Waals surface area contributed by atoms with E-state index in [9.17, 15) is 5.11 Å². The van der Waals surface area contributed by atoms with Gasteiger partial charge in [0.15, 0.2) is 0 Å². The lowest BCUT2D eigenvalue weighted by Gasteiger charge is -2.00. The Morgan fingerprint density at radius 3 is 2.91 bits per heavy atom. The third-order valence-corrected chi connectivity index (χ3v) is 2.17. The van der Waals surface area contributed by atoms with Gasteiger partial charge in [0.05, 0.1) is 5.69 Å². The molecule has 0 radical (unpaired) electrons. The lowest BCUT2D eigenvalue weighted by Crippen LogP contribution is -2.06. The first kappa shape index (κ1) is 6.85. The lowest BCUT2D eigenvalue weighted by atomic mass is 10.2. The van der Waals surface area contributed by atoms with Crippen LogP contribution in [-0.2, 0) is 12.1 Å². The predicted molar refractivity (Wildman–Crippen MR) is 41.0 cm³/mol. The summed E-state index contributed by atoms with van der Waals surface area (Å²) in [7, 11) is 0. The maximum Gasteiger partial charge on any atom is 0.109 e. The Bertz CT molecular complexity index is 263. The van der Waals surface area contributed by atoms with Crippen molar-refractivity contribution < 1.29 is 5.11 Å². The summed E-state index contributed by atoms with van der Waals surface area (Å²) in [5, 5.41) is 13.9. The first-order chi connectivity index (χ1) is 5.24. The molecule has 1 aliphatic carbocycles. The third kappa shape index (κ3) is 1.05. The van der Waals surface area contributed by atoms with Gasteiger partial charge in [-0.3, -0.25) is 4.68 Å². The summed E-state index contributed by atoms with van der Waals surface area (Å²) in [6, 6.07) is 1.90. The minimum Gasteiger partial charge on any atom is -0.383 e. The van der Waals surface area contributed by atoms with Gasteiger partial charge in [0.2, 0.25) is 0 Å². The zero-order chi connectivity index (χ0) is 7.90. The average Bonchev–Trinajstić information content (AvgIpc) is 2.61. The van der Waals surface area contributed by atoms with Crippen LogP contribution in [0.4, 0.5) is 0 Å². The van der Waals surface area contributed by atoms with E-state index in [0.717, 1.165) is 25.1 Å². The van der Waals surface area contributed by atoms with Crippen molar-refractivity contribution >= 4 is 0 Å². The topological polar surface area (TPSA) is 38.0 Å². The second kappa shape index (κ2) is 2.08. The van der Waals surface area contributed by atoms with E-state index >= 15 is 0 Å². The van der Waals surface area contributed by atoms with Crippen molar-refractivity contribution in [1.29, 1.82) is 0 Å². The summed E-state index contributed by atoms with van der Waals surface area (Å²) in [5.41, 5.74) is 0.264. The van der Waals surface area contributed by atoms with Crippen LogP contribution in [0.15, 0.2) is 12.3 Å². The van der Waals surface area contributed by atoms with Gasteiger partial charge in [-0.05, 0) is 25.8 Å². The van der Waals surface area contributed by atoms with Crippen molar-refractivity contribution in [2.75, 3.05) is 0 Å². The number of hydrogen-bond acceptors (Lipinski definition) is 2. The van der Waals surface area contributed by atoms with E-state index in [2.05, 4.69) is 5.10 Å². The summed E-state index contributed by atoms with van der Waals surface area (Å²) in [5.74, 6) is 0. The van der Waals surface area contributed by atoms with Gasteiger partial charge in [0.1, 0.15) is 5.60 Å². The van der Waals surface area contributed by atoms with E-state index in [4.69, 9.17) is 0 Å². The van der Waals surface area contributed by atoms with Gasteiger partial charge >= 0.3 is 0 Å². The average molecular weight is 152 g/mol. The molecule has 1 heterocycles. The molecule has 0 bridgehead atoms. The predicted octanol–water partition coefficient (Wildman–Crippen LogP) is 0.884. The van der Waals surface area contributed by atoms with E-state index < -0.39 is 5.60 Å². The Labute approximate surface area is 65.7 Å². The molecular formula is C8H12N2O. The minimum atomic E-state index is -0.569. The molecule has 0 aliphatic heterocycles. The molecule has 1 aliphatic rings. The molecule has 0 unspecified atom stereocenters. The van der Waals surface area contributed by atoms with Gasteiger partial charge in [0, 0.05) is 12.7 Å². The van der Waals surface area contributed by atoms with Gasteiger partial charge < -0.3 is 5.11 Å². The van der Waals surface area contributed by atoms with Crippen LogP contribution in [0.1, 0.15) is 25.5 Å². The van der Waals surface area contributed by atoms with Crippen molar-refractivity contribution in [3.63, 3.8) is 0 Å². The quantitative estimate of drug-likeness (QED) is 0.683. The molecule has 1 fully saturated rings. The van der Waals surface area contributed by atoms with Gasteiger partial charge in [-0.25, -0.2) is 0 Å². The maximum atomic E-state index is 9.63. The molecule has 0 aromatic carbocycles. The molecule has 1 aromatic heterocycles. The second-order valence-corrected chi connectivity index (χ2v) is 3.09. The lowest BCUT2D eigenvalue weighted by molar-refractivity contribution is 0.145. The summed E-state index contributed by atoms with van der Waals surface area (Å²) >= 11 is 0. The molecular weight excluding hydrogens is 140 g/mol. The Balaban J connectivity index is 2.25. The highest BCUT2D eigenvalue weighted by Crippen LogP contribution is 2.44. The Morgan fingerprint density at radius 1 is 1.73 bits per heavy atom. The van der Waals surface area contributed by atoms with Gasteiger partial charge in [0.25, 0.3) is 0 Å². The van der Waals surface area contributed by atoms with Crippen molar-refractivity contribution in [3.8, 4) is 0 Å². The number of aromatic nitrogens is 2. The fourth-order valence-corrected chi connectivity index (χ4v) is 1.16. The molecule has 2 rings (SSSR count). The zero-order valence-corrected chi connectivity index (χ0v) is 6.62. The number of rotatable bonds is 2. The molecule has 11 heavy (non-hydrogen) atoms. The highest BCUT2D eigenvalue weighted by atomic mass is 16.3. The first-order valence-corrected chi connectivity index (χ1v) is 4.01. The number of nitrogens with zero attached hydrogens (tertiary/aromatic N) is 2. The molecule has 0 saturated heterocycles. The van der Waals surface area contributed by atoms with Crippen LogP contribution < -0.4 is 0 Å². The number of hydrogen-bond donors (Lipinski definition) is 1. The maximum absolute atomic E-state index is 9.63. The molecule has 1 N–H and O–H groups in total. The zero-order valence-electron chi connectivity index (χ0n) is 6.62. The SMILES string of the molecule is CCn1ccc(C2(O)CC2)n1. The third-order valence-electron chi connectivity index (χ3n) is 2.17. The summed E-state index contributed by atoms with van der Waals surface area (Å²) in [6.45, 7) is 2.91. The van der Waals surface area contributed by atoms with Crippen molar-refractivity contribution in [2.45, 2.75) is 31.9 Å². The number of aryl methyl sites for hydroxylation is 1. The van der Waals surface area contributed by atoms with E-state index in [1.165, 1.54) is 0 Å². The summed E-state index contributed by atoms with van der Waals surface area (Å²) in [4.78, 5) is 0. The molecule has 1 saturated carbocycles. The molecule has 1 aromatic rings. The van der Waals surface area contributed by atoms with Gasteiger partial charge in [-0.15, -0.1) is 0 Å². The second-order valence-electron chi connectivity index (χ2n) is 3.09. The Kier molecular flexibility index (Phi) is 1.29. The first-order valence-electron chi connectivity index (χ1n) is 4.01. The summed E-state index contributed by atoms with van der Waals surface area (Å²) in [6.07, 6.45) is 3.65. The fourth-order valence-electron chi connectivity index (χ4n) is 1.16. The highest BCUT2D eigenvalue weighted by Gasteiger charge is 2.44. The molecule has 60 valence electrons. The largest absolute Gasteiger partial charge is 0.383 e. The summed E-state index contributed by atoms with van der Waals surface area (Å²) < 4.78 is 1.84. The monoisotopic (exact) mass is 152 g/mol. The number of aliphatic hydroxyl groups is 1. The Morgan fingerprint density at radius 2 is 2.45 bits per heavy atom. The normalized spacial score (nSPS) is 20.2. The standard InChI is InChI=1S/C8H12N2O/c1-2-10-6-3-7(9-10)8(11)4-5-8/h3,6,11H,2,4-5H2,1H3. The molecule has 0 amide bonds. The van der Waals surface area contributed by atoms with E-state index in [1.54, 1.807) is 0 Å². The van der Waals surface area contributed by atoms with Crippen molar-refractivity contribution in [2.24, 2.45) is 0 Å². The van der Waals surface area contributed by atoms with E-state index in [1.807, 2.05) is 23.9 Å². The minimum absolute atomic E-state index is 0.569. The van der Waals surface area contributed by atoms with Crippen LogP contribution in [0.3, 0.4) is 0 Å². The molecule has 0 atom stereocenters. The smallest absolute Gasteiger partial charge is 0.109 e. The van der Waals surface area contributed by atoms with Crippen LogP contribution in [0, 0.1) is 0 Å². The van der Waals surface area contributed by atoms with E-state index in [0.29, 0.717) is 0 Å². The van der Waals surface area contributed by atoms with Gasteiger partial charge in [-0.1, -0.05) is 0 Å². The van der Waals surface area contributed by atoms with Crippen LogP contribution in [-0.4, -0.2) is 14.9 Å². The van der Waals surface area contributed by atoms with Crippen LogP contribution in [0.5, 0.6) is 0 Å². The van der Waals surface area contributed by atoms with E-state index in [-0.39, 0.29) is 0 Å². The van der Waals surface area contributed by atoms with Crippen LogP contribution in [0.25, 0.3) is 0 Å². The van der Waals surface area contributed by atoms with Crippen LogP contribution >= 0.6 is 0 Å². The Hall–Kier alpha value is -0.830. The van der Waals surface area contributed by atoms with Crippen molar-refractivity contribution in [3.05, 3.63) is 18.0 Å². The molecule has 3 heteroatoms. The molecule has 3 nitrogen and oxygen atoms in total. The highest BCUT2D eigenvalue weighted by molar-refractivity contribution is 5.17. The van der Waals surface area contributed by atoms with Crippen molar-refractivity contribution in [1.82, 2.24) is 9.78 Å². The molecule has 0 spiro atoms. The fraction of sp³-hybridized carbons (Fsp3) is 0.625. The van der Waals surface area contributed by atoms with Gasteiger partial charge in [-0.2, -0.15) is 5.10 Å². The van der Waals surface area contributed by atoms with Crippen LogP contribution in [0.2, 0.25) is 0 Å².